The Bertz CT molecular complexity index is 709. The van der Waals surface area contributed by atoms with Gasteiger partial charge in [0.1, 0.15) is 11.4 Å². The number of benzene rings is 1. The molecule has 1 aromatic rings. The minimum Gasteiger partial charge on any atom is -0.486 e. The van der Waals surface area contributed by atoms with Crippen LogP contribution in [0.1, 0.15) is 48.9 Å². The number of fused-ring (bicyclic) bond motifs is 3. The molecular weight excluding hydrogens is 302 g/mol. The summed E-state index contributed by atoms with van der Waals surface area (Å²) < 4.78 is 6.38. The van der Waals surface area contributed by atoms with Gasteiger partial charge in [-0.15, -0.1) is 0 Å². The molecule has 0 unspecified atom stereocenters. The van der Waals surface area contributed by atoms with Crippen molar-refractivity contribution in [2.75, 3.05) is 13.1 Å². The molecule has 2 heterocycles. The molecule has 4 heteroatoms. The summed E-state index contributed by atoms with van der Waals surface area (Å²) in [6.45, 7) is 1.81. The van der Waals surface area contributed by atoms with Crippen LogP contribution in [0.25, 0.3) is 0 Å². The molecule has 4 aliphatic rings. The molecule has 0 aromatic heterocycles. The average Bonchev–Trinajstić information content (AvgIpc) is 3.26. The van der Waals surface area contributed by atoms with Crippen LogP contribution >= 0.6 is 0 Å². The van der Waals surface area contributed by atoms with Crippen LogP contribution in [-0.4, -0.2) is 35.3 Å². The fourth-order valence-corrected chi connectivity index (χ4v) is 5.42. The van der Waals surface area contributed by atoms with Crippen molar-refractivity contribution in [2.24, 2.45) is 17.8 Å². The molecule has 1 saturated heterocycles. The van der Waals surface area contributed by atoms with E-state index in [2.05, 4.69) is 4.90 Å². The molecule has 24 heavy (non-hydrogen) atoms. The lowest BCUT2D eigenvalue weighted by Gasteiger charge is -2.37. The summed E-state index contributed by atoms with van der Waals surface area (Å²) in [4.78, 5) is 27.6. The Balaban J connectivity index is 1.39. The molecule has 2 aliphatic heterocycles. The van der Waals surface area contributed by atoms with Gasteiger partial charge in [0.2, 0.25) is 5.91 Å². The van der Waals surface area contributed by atoms with Crippen molar-refractivity contribution < 1.29 is 14.3 Å². The second-order valence-corrected chi connectivity index (χ2v) is 7.90. The van der Waals surface area contributed by atoms with Crippen molar-refractivity contribution in [1.82, 2.24) is 4.90 Å². The summed E-state index contributed by atoms with van der Waals surface area (Å²) in [5.41, 5.74) is 0.276. The van der Waals surface area contributed by atoms with Crippen LogP contribution in [0.3, 0.4) is 0 Å². The summed E-state index contributed by atoms with van der Waals surface area (Å²) in [6, 6.07) is 7.54. The maximum atomic E-state index is 12.9. The summed E-state index contributed by atoms with van der Waals surface area (Å²) in [5, 5.41) is 0. The van der Waals surface area contributed by atoms with Crippen molar-refractivity contribution in [3.63, 3.8) is 0 Å². The third-order valence-electron chi connectivity index (χ3n) is 6.59. The molecule has 1 spiro atoms. The van der Waals surface area contributed by atoms with E-state index < -0.39 is 5.60 Å². The van der Waals surface area contributed by atoms with E-state index in [-0.39, 0.29) is 17.6 Å². The molecule has 1 amide bonds. The van der Waals surface area contributed by atoms with Gasteiger partial charge >= 0.3 is 0 Å². The van der Waals surface area contributed by atoms with E-state index >= 15 is 0 Å². The topological polar surface area (TPSA) is 46.6 Å². The van der Waals surface area contributed by atoms with Gasteiger partial charge in [-0.05, 0) is 50.2 Å². The molecule has 4 atom stereocenters. The Hall–Kier alpha value is -1.84. The predicted octanol–water partition coefficient (Wildman–Crippen LogP) is 3.06. The van der Waals surface area contributed by atoms with Gasteiger partial charge in [0, 0.05) is 24.9 Å². The number of carbonyl (C=O) groups excluding carboxylic acids is 2. The van der Waals surface area contributed by atoms with Crippen molar-refractivity contribution >= 4 is 11.7 Å². The lowest BCUT2D eigenvalue weighted by atomic mass is 9.84. The first-order valence-electron chi connectivity index (χ1n) is 9.30. The first kappa shape index (κ1) is 14.5. The van der Waals surface area contributed by atoms with Crippen LogP contribution in [0.15, 0.2) is 24.3 Å². The lowest BCUT2D eigenvalue weighted by Crippen LogP contribution is -2.45. The number of nitrogens with zero attached hydrogens (tertiary/aromatic N) is 1. The molecule has 0 N–H and O–H groups in total. The Labute approximate surface area is 142 Å². The lowest BCUT2D eigenvalue weighted by molar-refractivity contribution is -0.135. The van der Waals surface area contributed by atoms with Crippen molar-refractivity contribution in [1.29, 1.82) is 0 Å². The summed E-state index contributed by atoms with van der Waals surface area (Å²) in [6.07, 6.45) is 5.85. The number of likely N-dealkylation sites (tertiary alicyclic amines) is 1. The van der Waals surface area contributed by atoms with Crippen LogP contribution in [0.4, 0.5) is 0 Å². The van der Waals surface area contributed by atoms with Crippen LogP contribution in [-0.2, 0) is 4.79 Å². The van der Waals surface area contributed by atoms with Crippen molar-refractivity contribution in [2.45, 2.75) is 44.1 Å². The third-order valence-corrected chi connectivity index (χ3v) is 6.59. The summed E-state index contributed by atoms with van der Waals surface area (Å²) in [7, 11) is 0. The van der Waals surface area contributed by atoms with Gasteiger partial charge in [0.25, 0.3) is 0 Å². The predicted molar refractivity (Wildman–Crippen MR) is 88.9 cm³/mol. The number of Topliss-reactive ketones (excluding diaryl/α,β-unsaturated/α-hetero) is 1. The highest BCUT2D eigenvalue weighted by molar-refractivity contribution is 6.00. The number of ketones is 1. The van der Waals surface area contributed by atoms with Gasteiger partial charge < -0.3 is 9.64 Å². The molecule has 3 fully saturated rings. The maximum Gasteiger partial charge on any atom is 0.226 e. The molecule has 126 valence electrons. The number of ether oxygens (including phenoxy) is 1. The highest BCUT2D eigenvalue weighted by Gasteiger charge is 2.71. The Morgan fingerprint density at radius 1 is 1.17 bits per heavy atom. The molecule has 1 aromatic carbocycles. The molecule has 5 rings (SSSR count). The van der Waals surface area contributed by atoms with Gasteiger partial charge in [-0.2, -0.15) is 0 Å². The highest BCUT2D eigenvalue weighted by atomic mass is 16.5. The fourth-order valence-electron chi connectivity index (χ4n) is 5.42. The van der Waals surface area contributed by atoms with Crippen molar-refractivity contribution in [3.05, 3.63) is 29.8 Å². The number of rotatable bonds is 1. The van der Waals surface area contributed by atoms with E-state index in [0.717, 1.165) is 38.8 Å². The van der Waals surface area contributed by atoms with E-state index in [1.807, 2.05) is 24.3 Å². The van der Waals surface area contributed by atoms with Gasteiger partial charge in [-0.1, -0.05) is 12.1 Å². The number of para-hydroxylation sites is 1. The Morgan fingerprint density at radius 3 is 2.79 bits per heavy atom. The number of hydrogen-bond donors (Lipinski definition) is 0. The maximum absolute atomic E-state index is 12.9. The Morgan fingerprint density at radius 2 is 1.96 bits per heavy atom. The van der Waals surface area contributed by atoms with E-state index in [4.69, 9.17) is 4.74 Å². The zero-order valence-electron chi connectivity index (χ0n) is 13.9. The standard InChI is InChI=1S/C20H23NO3/c22-15-12-20(24-16-7-3-2-6-13(15)16)9-8-14-17(18(14)20)19(23)21-10-4-1-5-11-21/h2-3,6-7,14,17-18H,1,4-5,8-12H2/t14-,17+,18+,20+/m0/s1. The molecule has 0 radical (unpaired) electrons. The third kappa shape index (κ3) is 1.98. The van der Waals surface area contributed by atoms with E-state index in [1.165, 1.54) is 6.42 Å². The van der Waals surface area contributed by atoms with Crippen molar-refractivity contribution in [3.8, 4) is 5.75 Å². The summed E-state index contributed by atoms with van der Waals surface area (Å²) in [5.74, 6) is 1.97. The molecular formula is C20H23NO3. The number of amides is 1. The van der Waals surface area contributed by atoms with Crippen LogP contribution in [0.5, 0.6) is 5.75 Å². The van der Waals surface area contributed by atoms with Crippen LogP contribution in [0.2, 0.25) is 0 Å². The van der Waals surface area contributed by atoms with Crippen LogP contribution < -0.4 is 4.74 Å². The van der Waals surface area contributed by atoms with E-state index in [1.54, 1.807) is 0 Å². The number of hydrogen-bond acceptors (Lipinski definition) is 3. The van der Waals surface area contributed by atoms with E-state index in [9.17, 15) is 9.59 Å². The van der Waals surface area contributed by atoms with Gasteiger partial charge in [0.05, 0.1) is 12.0 Å². The first-order chi connectivity index (χ1) is 11.7. The fraction of sp³-hybridized carbons (Fsp3) is 0.600. The Kier molecular flexibility index (Phi) is 3.07. The number of piperidine rings is 1. The van der Waals surface area contributed by atoms with Gasteiger partial charge in [-0.3, -0.25) is 9.59 Å². The van der Waals surface area contributed by atoms with E-state index in [0.29, 0.717) is 29.6 Å². The molecule has 2 saturated carbocycles. The molecule has 2 aliphatic carbocycles. The monoisotopic (exact) mass is 325 g/mol. The minimum absolute atomic E-state index is 0.0925. The van der Waals surface area contributed by atoms with Gasteiger partial charge in [-0.25, -0.2) is 0 Å². The normalized spacial score (nSPS) is 36.9. The molecule has 0 bridgehead atoms. The zero-order valence-corrected chi connectivity index (χ0v) is 13.9. The van der Waals surface area contributed by atoms with Crippen LogP contribution in [0, 0.1) is 17.8 Å². The SMILES string of the molecule is O=C1C[C@@]2(CC[C@H]3[C@@H](C(=O)N4CCCCC4)[C@@H]32)Oc2ccccc21. The quantitative estimate of drug-likeness (QED) is 0.797. The first-order valence-corrected chi connectivity index (χ1v) is 9.30. The second kappa shape index (κ2) is 5.08. The smallest absolute Gasteiger partial charge is 0.226 e. The average molecular weight is 325 g/mol. The largest absolute Gasteiger partial charge is 0.486 e. The zero-order chi connectivity index (χ0) is 16.3. The highest BCUT2D eigenvalue weighted by Crippen LogP contribution is 2.66. The minimum atomic E-state index is -0.424. The molecule has 4 nitrogen and oxygen atoms in total. The summed E-state index contributed by atoms with van der Waals surface area (Å²) >= 11 is 0. The number of carbonyl (C=O) groups is 2. The second-order valence-electron chi connectivity index (χ2n) is 7.90. The van der Waals surface area contributed by atoms with Gasteiger partial charge in [0.15, 0.2) is 5.78 Å².